The third-order valence-corrected chi connectivity index (χ3v) is 5.86. The van der Waals surface area contributed by atoms with E-state index in [0.29, 0.717) is 25.8 Å². The van der Waals surface area contributed by atoms with Crippen molar-refractivity contribution in [1.29, 1.82) is 0 Å². The number of carbonyl (C=O) groups excluding carboxylic acids is 3. The SMILES string of the molecule is CC(C)CC(NC(=O)C(CC(C)C)NC(=O)C1CCCN1C(=O)C1CCCN1)C(=O)O. The highest BCUT2D eigenvalue weighted by Gasteiger charge is 2.39. The summed E-state index contributed by atoms with van der Waals surface area (Å²) in [6.07, 6.45) is 3.71. The number of rotatable bonds is 10. The van der Waals surface area contributed by atoms with Crippen LogP contribution in [0, 0.1) is 11.8 Å². The van der Waals surface area contributed by atoms with E-state index in [1.165, 1.54) is 0 Å². The molecule has 0 aromatic rings. The van der Waals surface area contributed by atoms with Gasteiger partial charge in [-0.25, -0.2) is 4.79 Å². The predicted molar refractivity (Wildman–Crippen MR) is 116 cm³/mol. The van der Waals surface area contributed by atoms with Crippen LogP contribution in [0.2, 0.25) is 0 Å². The number of nitrogens with zero attached hydrogens (tertiary/aromatic N) is 1. The van der Waals surface area contributed by atoms with Crippen LogP contribution in [0.4, 0.5) is 0 Å². The topological polar surface area (TPSA) is 128 Å². The zero-order chi connectivity index (χ0) is 23.1. The van der Waals surface area contributed by atoms with Crippen molar-refractivity contribution < 1.29 is 24.3 Å². The van der Waals surface area contributed by atoms with E-state index >= 15 is 0 Å². The molecule has 9 nitrogen and oxygen atoms in total. The second-order valence-electron chi connectivity index (χ2n) is 9.56. The Balaban J connectivity index is 2.06. The summed E-state index contributed by atoms with van der Waals surface area (Å²) >= 11 is 0. The Morgan fingerprint density at radius 1 is 0.968 bits per heavy atom. The van der Waals surface area contributed by atoms with Crippen molar-refractivity contribution in [2.24, 2.45) is 11.8 Å². The molecule has 0 radical (unpaired) electrons. The van der Waals surface area contributed by atoms with Crippen molar-refractivity contribution in [3.8, 4) is 0 Å². The molecule has 4 N–H and O–H groups in total. The first-order valence-corrected chi connectivity index (χ1v) is 11.5. The van der Waals surface area contributed by atoms with Crippen molar-refractivity contribution in [2.45, 2.75) is 90.4 Å². The van der Waals surface area contributed by atoms with Crippen LogP contribution in [-0.4, -0.2) is 71.0 Å². The predicted octanol–water partition coefficient (Wildman–Crippen LogP) is 0.876. The minimum absolute atomic E-state index is 0.0529. The van der Waals surface area contributed by atoms with Crippen LogP contribution in [0.3, 0.4) is 0 Å². The minimum Gasteiger partial charge on any atom is -0.480 e. The Morgan fingerprint density at radius 3 is 2.16 bits per heavy atom. The van der Waals surface area contributed by atoms with E-state index < -0.39 is 30.0 Å². The maximum absolute atomic E-state index is 13.0. The zero-order valence-corrected chi connectivity index (χ0v) is 19.1. The molecule has 2 fully saturated rings. The largest absolute Gasteiger partial charge is 0.480 e. The Morgan fingerprint density at radius 2 is 1.61 bits per heavy atom. The van der Waals surface area contributed by atoms with Crippen molar-refractivity contribution in [2.75, 3.05) is 13.1 Å². The van der Waals surface area contributed by atoms with Gasteiger partial charge in [-0.05, 0) is 56.9 Å². The summed E-state index contributed by atoms with van der Waals surface area (Å²) in [5.74, 6) is -1.77. The summed E-state index contributed by atoms with van der Waals surface area (Å²) in [5.41, 5.74) is 0. The van der Waals surface area contributed by atoms with Gasteiger partial charge in [-0.2, -0.15) is 0 Å². The molecule has 3 amide bonds. The van der Waals surface area contributed by atoms with Crippen LogP contribution in [0.25, 0.3) is 0 Å². The molecule has 0 saturated carbocycles. The Bertz CT molecular complexity index is 660. The van der Waals surface area contributed by atoms with Gasteiger partial charge in [0.05, 0.1) is 6.04 Å². The van der Waals surface area contributed by atoms with Gasteiger partial charge < -0.3 is 26.0 Å². The maximum Gasteiger partial charge on any atom is 0.326 e. The molecule has 2 heterocycles. The minimum atomic E-state index is -1.09. The number of likely N-dealkylation sites (tertiary alicyclic amines) is 1. The molecule has 0 bridgehead atoms. The number of carboxylic acids is 1. The number of carboxylic acid groups (broad SMARTS) is 1. The van der Waals surface area contributed by atoms with Gasteiger partial charge in [0.15, 0.2) is 0 Å². The quantitative estimate of drug-likeness (QED) is 0.401. The highest BCUT2D eigenvalue weighted by molar-refractivity contribution is 5.94. The smallest absolute Gasteiger partial charge is 0.326 e. The normalized spacial score (nSPS) is 23.1. The number of hydrogen-bond donors (Lipinski definition) is 4. The molecular formula is C22H38N4O5. The molecule has 176 valence electrons. The molecular weight excluding hydrogens is 400 g/mol. The van der Waals surface area contributed by atoms with Crippen LogP contribution >= 0.6 is 0 Å². The van der Waals surface area contributed by atoms with Gasteiger partial charge in [0, 0.05) is 6.54 Å². The molecule has 2 aliphatic rings. The summed E-state index contributed by atoms with van der Waals surface area (Å²) in [4.78, 5) is 51.9. The molecule has 2 saturated heterocycles. The van der Waals surface area contributed by atoms with E-state index in [1.807, 2.05) is 27.7 Å². The fourth-order valence-electron chi connectivity index (χ4n) is 4.33. The van der Waals surface area contributed by atoms with Crippen LogP contribution in [-0.2, 0) is 19.2 Å². The van der Waals surface area contributed by atoms with E-state index in [2.05, 4.69) is 16.0 Å². The Kier molecular flexibility index (Phi) is 9.28. The fourth-order valence-corrected chi connectivity index (χ4v) is 4.33. The molecule has 2 rings (SSSR count). The number of amides is 3. The molecule has 0 spiro atoms. The average molecular weight is 439 g/mol. The van der Waals surface area contributed by atoms with E-state index in [9.17, 15) is 24.3 Å². The summed E-state index contributed by atoms with van der Waals surface area (Å²) in [6.45, 7) is 8.99. The zero-order valence-electron chi connectivity index (χ0n) is 19.1. The van der Waals surface area contributed by atoms with Gasteiger partial charge >= 0.3 is 5.97 Å². The third-order valence-electron chi connectivity index (χ3n) is 5.86. The van der Waals surface area contributed by atoms with E-state index in [0.717, 1.165) is 25.8 Å². The van der Waals surface area contributed by atoms with Gasteiger partial charge in [0.2, 0.25) is 17.7 Å². The molecule has 0 aliphatic carbocycles. The average Bonchev–Trinajstić information content (AvgIpc) is 3.37. The monoisotopic (exact) mass is 438 g/mol. The molecule has 4 atom stereocenters. The van der Waals surface area contributed by atoms with Crippen LogP contribution in [0.5, 0.6) is 0 Å². The molecule has 31 heavy (non-hydrogen) atoms. The number of hydrogen-bond acceptors (Lipinski definition) is 5. The lowest BCUT2D eigenvalue weighted by Gasteiger charge is -2.29. The maximum atomic E-state index is 13.0. The number of carbonyl (C=O) groups is 4. The van der Waals surface area contributed by atoms with Crippen molar-refractivity contribution in [3.63, 3.8) is 0 Å². The van der Waals surface area contributed by atoms with Gasteiger partial charge in [-0.3, -0.25) is 14.4 Å². The highest BCUT2D eigenvalue weighted by atomic mass is 16.4. The first kappa shape index (κ1) is 25.1. The second kappa shape index (κ2) is 11.5. The lowest BCUT2D eigenvalue weighted by atomic mass is 10.00. The van der Waals surface area contributed by atoms with Crippen molar-refractivity contribution in [1.82, 2.24) is 20.9 Å². The van der Waals surface area contributed by atoms with Gasteiger partial charge in [0.1, 0.15) is 18.1 Å². The standard InChI is InChI=1S/C22H38N4O5/c1-13(2)11-16(19(27)25-17(22(30)31)12-14(3)4)24-20(28)18-8-6-10-26(18)21(29)15-7-5-9-23-15/h13-18,23H,5-12H2,1-4H3,(H,24,28)(H,25,27)(H,30,31). The molecule has 0 aromatic carbocycles. The van der Waals surface area contributed by atoms with Gasteiger partial charge in [-0.1, -0.05) is 27.7 Å². The summed E-state index contributed by atoms with van der Waals surface area (Å²) < 4.78 is 0. The molecule has 2 aliphatic heterocycles. The van der Waals surface area contributed by atoms with Crippen molar-refractivity contribution in [3.05, 3.63) is 0 Å². The van der Waals surface area contributed by atoms with E-state index in [-0.39, 0.29) is 29.7 Å². The Labute approximate surface area is 184 Å². The lowest BCUT2D eigenvalue weighted by Crippen LogP contribution is -2.56. The first-order chi connectivity index (χ1) is 14.6. The van der Waals surface area contributed by atoms with Crippen molar-refractivity contribution >= 4 is 23.7 Å². The van der Waals surface area contributed by atoms with Gasteiger partial charge in [0.25, 0.3) is 0 Å². The summed E-state index contributed by atoms with van der Waals surface area (Å²) in [5, 5.41) is 18.0. The molecule has 4 unspecified atom stereocenters. The summed E-state index contributed by atoms with van der Waals surface area (Å²) in [6, 6.07) is -2.68. The van der Waals surface area contributed by atoms with Gasteiger partial charge in [-0.15, -0.1) is 0 Å². The number of nitrogens with one attached hydrogen (secondary N) is 3. The van der Waals surface area contributed by atoms with E-state index in [1.54, 1.807) is 4.90 Å². The number of aliphatic carboxylic acids is 1. The first-order valence-electron chi connectivity index (χ1n) is 11.5. The molecule has 9 heteroatoms. The highest BCUT2D eigenvalue weighted by Crippen LogP contribution is 2.21. The van der Waals surface area contributed by atoms with Crippen LogP contribution in [0.1, 0.15) is 66.2 Å². The lowest BCUT2D eigenvalue weighted by molar-refractivity contribution is -0.143. The Hall–Kier alpha value is -2.16. The third kappa shape index (κ3) is 7.19. The second-order valence-corrected chi connectivity index (χ2v) is 9.56. The van der Waals surface area contributed by atoms with E-state index in [4.69, 9.17) is 0 Å². The van der Waals surface area contributed by atoms with Crippen LogP contribution in [0.15, 0.2) is 0 Å². The molecule has 0 aromatic heterocycles. The fraction of sp³-hybridized carbons (Fsp3) is 0.818. The van der Waals surface area contributed by atoms with Crippen LogP contribution < -0.4 is 16.0 Å². The summed E-state index contributed by atoms with van der Waals surface area (Å²) in [7, 11) is 0.